The number of hydrogen-bond acceptors (Lipinski definition) is 5. The Morgan fingerprint density at radius 2 is 2.25 bits per heavy atom. The van der Waals surface area contributed by atoms with Gasteiger partial charge in [-0.2, -0.15) is 5.26 Å². The number of rotatable bonds is 5. The van der Waals surface area contributed by atoms with Gasteiger partial charge in [0.15, 0.2) is 5.82 Å². The Hall–Kier alpha value is -2.66. The predicted octanol–water partition coefficient (Wildman–Crippen LogP) is 0.981. The molecule has 8 heteroatoms. The van der Waals surface area contributed by atoms with Gasteiger partial charge >= 0.3 is 0 Å². The van der Waals surface area contributed by atoms with Gasteiger partial charge < -0.3 is 20.0 Å². The molecular weight excluding hydrogens is 308 g/mol. The summed E-state index contributed by atoms with van der Waals surface area (Å²) in [5, 5.41) is 29.5. The number of carbonyl (C=O) groups is 1. The second kappa shape index (κ2) is 5.76. The molecule has 2 saturated carbocycles. The van der Waals surface area contributed by atoms with Gasteiger partial charge in [0.2, 0.25) is 0 Å². The molecule has 1 amide bonds. The Bertz CT molecular complexity index is 807. The number of carbonyl (C=O) groups excluding carboxylic acids is 1. The highest BCUT2D eigenvalue weighted by molar-refractivity contribution is 5.93. The van der Waals surface area contributed by atoms with Gasteiger partial charge in [-0.15, -0.1) is 10.2 Å². The maximum atomic E-state index is 12.1. The van der Waals surface area contributed by atoms with E-state index in [1.807, 2.05) is 6.07 Å². The molecule has 2 heterocycles. The molecule has 2 aliphatic rings. The first-order chi connectivity index (χ1) is 11.7. The SMILES string of the molecule is N#Cc1c[nH]c(C(=O)NC2CC(c3nnc(CO)n3C3CC3)C2)c1. The van der Waals surface area contributed by atoms with Crippen molar-refractivity contribution in [3.63, 3.8) is 0 Å². The van der Waals surface area contributed by atoms with Crippen LogP contribution in [0.15, 0.2) is 12.3 Å². The summed E-state index contributed by atoms with van der Waals surface area (Å²) < 4.78 is 2.08. The minimum Gasteiger partial charge on any atom is -0.388 e. The second-order valence-electron chi connectivity index (χ2n) is 6.49. The number of aliphatic hydroxyl groups excluding tert-OH is 1. The summed E-state index contributed by atoms with van der Waals surface area (Å²) in [6, 6.07) is 4.06. The van der Waals surface area contributed by atoms with Crippen LogP contribution in [0.5, 0.6) is 0 Å². The Morgan fingerprint density at radius 3 is 2.88 bits per heavy atom. The van der Waals surface area contributed by atoms with E-state index >= 15 is 0 Å². The van der Waals surface area contributed by atoms with Crippen LogP contribution in [0.1, 0.15) is 65.3 Å². The number of hydrogen-bond donors (Lipinski definition) is 3. The lowest BCUT2D eigenvalue weighted by molar-refractivity contribution is 0.0902. The normalized spacial score (nSPS) is 22.7. The molecule has 0 bridgehead atoms. The zero-order chi connectivity index (χ0) is 16.7. The Balaban J connectivity index is 1.38. The summed E-state index contributed by atoms with van der Waals surface area (Å²) in [6.45, 7) is -0.0928. The smallest absolute Gasteiger partial charge is 0.267 e. The summed E-state index contributed by atoms with van der Waals surface area (Å²) in [5.41, 5.74) is 0.847. The summed E-state index contributed by atoms with van der Waals surface area (Å²) in [7, 11) is 0. The van der Waals surface area contributed by atoms with E-state index in [-0.39, 0.29) is 24.5 Å². The van der Waals surface area contributed by atoms with E-state index in [0.29, 0.717) is 23.1 Å². The fourth-order valence-electron chi connectivity index (χ4n) is 3.25. The van der Waals surface area contributed by atoms with E-state index in [4.69, 9.17) is 5.26 Å². The van der Waals surface area contributed by atoms with Crippen LogP contribution in [0.3, 0.4) is 0 Å². The number of nitriles is 1. The van der Waals surface area contributed by atoms with Gasteiger partial charge in [-0.25, -0.2) is 0 Å². The van der Waals surface area contributed by atoms with Crippen molar-refractivity contribution in [3.8, 4) is 6.07 Å². The van der Waals surface area contributed by atoms with E-state index < -0.39 is 0 Å². The van der Waals surface area contributed by atoms with Crippen molar-refractivity contribution in [1.82, 2.24) is 25.1 Å². The van der Waals surface area contributed by atoms with E-state index in [1.165, 1.54) is 6.20 Å². The quantitative estimate of drug-likeness (QED) is 0.756. The molecule has 0 unspecified atom stereocenters. The molecule has 2 aliphatic carbocycles. The lowest BCUT2D eigenvalue weighted by atomic mass is 9.79. The topological polar surface area (TPSA) is 120 Å². The van der Waals surface area contributed by atoms with Crippen molar-refractivity contribution in [1.29, 1.82) is 5.26 Å². The second-order valence-corrected chi connectivity index (χ2v) is 6.49. The standard InChI is InChI=1S/C16H18N6O2/c17-6-9-3-13(18-7-9)16(24)19-11-4-10(5-11)15-21-20-14(8-23)22(15)12-1-2-12/h3,7,10-12,18,23H,1-2,4-5,8H2,(H,19,24). The highest BCUT2D eigenvalue weighted by Gasteiger charge is 2.38. The van der Waals surface area contributed by atoms with Crippen LogP contribution in [0.4, 0.5) is 0 Å². The largest absolute Gasteiger partial charge is 0.388 e. The molecule has 0 spiro atoms. The zero-order valence-corrected chi connectivity index (χ0v) is 13.1. The lowest BCUT2D eigenvalue weighted by Crippen LogP contribution is -2.44. The molecule has 0 aromatic carbocycles. The van der Waals surface area contributed by atoms with Crippen molar-refractivity contribution in [2.45, 2.75) is 50.3 Å². The number of H-pyrrole nitrogens is 1. The highest BCUT2D eigenvalue weighted by atomic mass is 16.3. The van der Waals surface area contributed by atoms with E-state index in [2.05, 4.69) is 25.1 Å². The number of aromatic amines is 1. The lowest BCUT2D eigenvalue weighted by Gasteiger charge is -2.35. The van der Waals surface area contributed by atoms with Crippen LogP contribution >= 0.6 is 0 Å². The van der Waals surface area contributed by atoms with Crippen molar-refractivity contribution in [2.24, 2.45) is 0 Å². The number of nitrogens with one attached hydrogen (secondary N) is 2. The molecule has 4 rings (SSSR count). The third kappa shape index (κ3) is 2.57. The van der Waals surface area contributed by atoms with Crippen LogP contribution in [0, 0.1) is 11.3 Å². The Morgan fingerprint density at radius 1 is 1.46 bits per heavy atom. The summed E-state index contributed by atoms with van der Waals surface area (Å²) in [4.78, 5) is 14.9. The number of amides is 1. The van der Waals surface area contributed by atoms with Crippen LogP contribution in [0.2, 0.25) is 0 Å². The molecule has 2 aromatic rings. The predicted molar refractivity (Wildman–Crippen MR) is 83.0 cm³/mol. The molecule has 0 saturated heterocycles. The van der Waals surface area contributed by atoms with E-state index in [1.54, 1.807) is 6.07 Å². The van der Waals surface area contributed by atoms with Gasteiger partial charge in [0.05, 0.1) is 5.56 Å². The highest BCUT2D eigenvalue weighted by Crippen LogP contribution is 2.42. The molecule has 3 N–H and O–H groups in total. The van der Waals surface area contributed by atoms with Gasteiger partial charge in [0, 0.05) is 24.2 Å². The zero-order valence-electron chi connectivity index (χ0n) is 13.1. The molecule has 0 aliphatic heterocycles. The Kier molecular flexibility index (Phi) is 3.58. The monoisotopic (exact) mass is 326 g/mol. The molecule has 124 valence electrons. The first-order valence-electron chi connectivity index (χ1n) is 8.13. The summed E-state index contributed by atoms with van der Waals surface area (Å²) >= 11 is 0. The van der Waals surface area contributed by atoms with E-state index in [0.717, 1.165) is 31.5 Å². The third-order valence-corrected chi connectivity index (χ3v) is 4.74. The summed E-state index contributed by atoms with van der Waals surface area (Å²) in [6.07, 6.45) is 5.37. The minimum absolute atomic E-state index is 0.0928. The number of aromatic nitrogens is 4. The molecule has 2 fully saturated rings. The van der Waals surface area contributed by atoms with Crippen LogP contribution in [-0.2, 0) is 6.61 Å². The first-order valence-corrected chi connectivity index (χ1v) is 8.13. The van der Waals surface area contributed by atoms with Crippen LogP contribution < -0.4 is 5.32 Å². The minimum atomic E-state index is -0.195. The van der Waals surface area contributed by atoms with Crippen molar-refractivity contribution >= 4 is 5.91 Å². The maximum absolute atomic E-state index is 12.1. The molecule has 0 radical (unpaired) electrons. The van der Waals surface area contributed by atoms with E-state index in [9.17, 15) is 9.90 Å². The molecule has 8 nitrogen and oxygen atoms in total. The third-order valence-electron chi connectivity index (χ3n) is 4.74. The van der Waals surface area contributed by atoms with Gasteiger partial charge in [0.25, 0.3) is 5.91 Å². The van der Waals surface area contributed by atoms with Crippen LogP contribution in [-0.4, -0.2) is 36.8 Å². The van der Waals surface area contributed by atoms with Gasteiger partial charge in [-0.1, -0.05) is 0 Å². The maximum Gasteiger partial charge on any atom is 0.267 e. The van der Waals surface area contributed by atoms with Crippen molar-refractivity contribution in [3.05, 3.63) is 35.2 Å². The average molecular weight is 326 g/mol. The van der Waals surface area contributed by atoms with Gasteiger partial charge in [-0.05, 0) is 31.7 Å². The number of aliphatic hydroxyl groups is 1. The fourth-order valence-corrected chi connectivity index (χ4v) is 3.25. The summed E-state index contributed by atoms with van der Waals surface area (Å²) in [5.74, 6) is 1.63. The van der Waals surface area contributed by atoms with Crippen LogP contribution in [0.25, 0.3) is 0 Å². The van der Waals surface area contributed by atoms with Gasteiger partial charge in [-0.3, -0.25) is 4.79 Å². The van der Waals surface area contributed by atoms with Gasteiger partial charge in [0.1, 0.15) is 24.2 Å². The number of nitrogens with zero attached hydrogens (tertiary/aromatic N) is 4. The molecular formula is C16H18N6O2. The molecule has 24 heavy (non-hydrogen) atoms. The first kappa shape index (κ1) is 14.9. The molecule has 0 atom stereocenters. The fraction of sp³-hybridized carbons (Fsp3) is 0.500. The molecule has 2 aromatic heterocycles. The average Bonchev–Trinajstić information content (AvgIpc) is 3.12. The Labute approximate surface area is 138 Å². The van der Waals surface area contributed by atoms with Crippen molar-refractivity contribution in [2.75, 3.05) is 0 Å². The van der Waals surface area contributed by atoms with Crippen molar-refractivity contribution < 1.29 is 9.90 Å².